The standard InChI is InChI=1S/C12H20N2O/c1-2-13-9-12(15)10-14-8-11-6-4-3-5-7-11/h3-7,12-15H,2,8-10H2,1H3. The van der Waals surface area contributed by atoms with Crippen LogP contribution >= 0.6 is 0 Å². The fraction of sp³-hybridized carbons (Fsp3) is 0.500. The normalized spacial score (nSPS) is 12.7. The molecule has 0 aliphatic carbocycles. The first-order chi connectivity index (χ1) is 7.33. The highest BCUT2D eigenvalue weighted by atomic mass is 16.3. The maximum atomic E-state index is 9.53. The third-order valence-corrected chi connectivity index (χ3v) is 2.18. The van der Waals surface area contributed by atoms with Gasteiger partial charge in [-0.1, -0.05) is 37.3 Å². The zero-order chi connectivity index (χ0) is 10.9. The Kier molecular flexibility index (Phi) is 6.00. The monoisotopic (exact) mass is 208 g/mol. The summed E-state index contributed by atoms with van der Waals surface area (Å²) < 4.78 is 0. The quantitative estimate of drug-likeness (QED) is 0.619. The van der Waals surface area contributed by atoms with Crippen molar-refractivity contribution < 1.29 is 5.11 Å². The number of aliphatic hydroxyl groups excluding tert-OH is 1. The molecule has 0 fully saturated rings. The second kappa shape index (κ2) is 7.40. The summed E-state index contributed by atoms with van der Waals surface area (Å²) in [6, 6.07) is 10.2. The van der Waals surface area contributed by atoms with Gasteiger partial charge in [0.05, 0.1) is 6.10 Å². The Labute approximate surface area is 91.5 Å². The number of nitrogens with one attached hydrogen (secondary N) is 2. The molecule has 3 heteroatoms. The summed E-state index contributed by atoms with van der Waals surface area (Å²) in [7, 11) is 0. The highest BCUT2D eigenvalue weighted by molar-refractivity contribution is 5.14. The highest BCUT2D eigenvalue weighted by Gasteiger charge is 2.01. The Bertz CT molecular complexity index is 251. The maximum absolute atomic E-state index is 9.53. The first-order valence-corrected chi connectivity index (χ1v) is 5.46. The lowest BCUT2D eigenvalue weighted by Gasteiger charge is -2.11. The molecule has 0 aliphatic rings. The molecule has 84 valence electrons. The molecule has 0 spiro atoms. The molecule has 1 aromatic carbocycles. The fourth-order valence-electron chi connectivity index (χ4n) is 1.36. The molecule has 0 bridgehead atoms. The molecule has 1 atom stereocenters. The van der Waals surface area contributed by atoms with Crippen LogP contribution in [-0.2, 0) is 6.54 Å². The molecule has 1 unspecified atom stereocenters. The van der Waals surface area contributed by atoms with Crippen LogP contribution in [0.1, 0.15) is 12.5 Å². The molecule has 0 saturated carbocycles. The van der Waals surface area contributed by atoms with Gasteiger partial charge in [-0.2, -0.15) is 0 Å². The number of hydrogen-bond acceptors (Lipinski definition) is 3. The Balaban J connectivity index is 2.11. The third-order valence-electron chi connectivity index (χ3n) is 2.18. The molecule has 0 radical (unpaired) electrons. The van der Waals surface area contributed by atoms with Crippen LogP contribution in [0.25, 0.3) is 0 Å². The highest BCUT2D eigenvalue weighted by Crippen LogP contribution is 1.96. The number of rotatable bonds is 7. The lowest BCUT2D eigenvalue weighted by molar-refractivity contribution is 0.169. The van der Waals surface area contributed by atoms with Crippen LogP contribution in [-0.4, -0.2) is 30.8 Å². The average Bonchev–Trinajstić information content (AvgIpc) is 2.28. The molecule has 0 amide bonds. The van der Waals surface area contributed by atoms with E-state index in [0.29, 0.717) is 13.1 Å². The van der Waals surface area contributed by atoms with E-state index in [0.717, 1.165) is 13.1 Å². The van der Waals surface area contributed by atoms with Gasteiger partial charge in [-0.3, -0.25) is 0 Å². The summed E-state index contributed by atoms with van der Waals surface area (Å²) in [5.41, 5.74) is 1.24. The fourth-order valence-corrected chi connectivity index (χ4v) is 1.36. The van der Waals surface area contributed by atoms with Crippen molar-refractivity contribution in [2.75, 3.05) is 19.6 Å². The van der Waals surface area contributed by atoms with Crippen LogP contribution in [0.4, 0.5) is 0 Å². The number of likely N-dealkylation sites (N-methyl/N-ethyl adjacent to an activating group) is 1. The van der Waals surface area contributed by atoms with Crippen LogP contribution < -0.4 is 10.6 Å². The summed E-state index contributed by atoms with van der Waals surface area (Å²) >= 11 is 0. The smallest absolute Gasteiger partial charge is 0.0788 e. The summed E-state index contributed by atoms with van der Waals surface area (Å²) in [6.07, 6.45) is -0.311. The van der Waals surface area contributed by atoms with Crippen molar-refractivity contribution in [3.8, 4) is 0 Å². The summed E-state index contributed by atoms with van der Waals surface area (Å²) in [5, 5.41) is 15.9. The SMILES string of the molecule is CCNCC(O)CNCc1ccccc1. The van der Waals surface area contributed by atoms with Crippen LogP contribution in [0.5, 0.6) is 0 Å². The number of hydrogen-bond donors (Lipinski definition) is 3. The second-order valence-corrected chi connectivity index (χ2v) is 3.58. The van der Waals surface area contributed by atoms with E-state index in [1.165, 1.54) is 5.56 Å². The largest absolute Gasteiger partial charge is 0.390 e. The van der Waals surface area contributed by atoms with Gasteiger partial charge >= 0.3 is 0 Å². The minimum atomic E-state index is -0.311. The molecule has 3 N–H and O–H groups in total. The van der Waals surface area contributed by atoms with Gasteiger partial charge in [-0.05, 0) is 12.1 Å². The van der Waals surface area contributed by atoms with E-state index in [9.17, 15) is 5.11 Å². The van der Waals surface area contributed by atoms with Crippen molar-refractivity contribution in [1.29, 1.82) is 0 Å². The molecule has 0 saturated heterocycles. The van der Waals surface area contributed by atoms with Crippen molar-refractivity contribution in [3.63, 3.8) is 0 Å². The van der Waals surface area contributed by atoms with Crippen molar-refractivity contribution in [2.45, 2.75) is 19.6 Å². The van der Waals surface area contributed by atoms with Crippen LogP contribution in [0.3, 0.4) is 0 Å². The van der Waals surface area contributed by atoms with E-state index in [-0.39, 0.29) is 6.10 Å². The van der Waals surface area contributed by atoms with Gasteiger partial charge in [0.15, 0.2) is 0 Å². The van der Waals surface area contributed by atoms with E-state index in [2.05, 4.69) is 22.8 Å². The molecule has 0 aromatic heterocycles. The van der Waals surface area contributed by atoms with Gasteiger partial charge < -0.3 is 15.7 Å². The molecule has 0 aliphatic heterocycles. The van der Waals surface area contributed by atoms with Crippen molar-refractivity contribution in [1.82, 2.24) is 10.6 Å². The van der Waals surface area contributed by atoms with Crippen molar-refractivity contribution in [2.24, 2.45) is 0 Å². The minimum absolute atomic E-state index is 0.311. The van der Waals surface area contributed by atoms with Crippen LogP contribution in [0.2, 0.25) is 0 Å². The lowest BCUT2D eigenvalue weighted by atomic mass is 10.2. The summed E-state index contributed by atoms with van der Waals surface area (Å²) in [4.78, 5) is 0. The number of aliphatic hydroxyl groups is 1. The molecular weight excluding hydrogens is 188 g/mol. The van der Waals surface area contributed by atoms with E-state index in [1.807, 2.05) is 25.1 Å². The summed E-state index contributed by atoms with van der Waals surface area (Å²) in [5.74, 6) is 0. The topological polar surface area (TPSA) is 44.3 Å². The predicted molar refractivity (Wildman–Crippen MR) is 62.7 cm³/mol. The van der Waals surface area contributed by atoms with Gasteiger partial charge in [-0.25, -0.2) is 0 Å². The lowest BCUT2D eigenvalue weighted by Crippen LogP contribution is -2.35. The van der Waals surface area contributed by atoms with Gasteiger partial charge in [0.2, 0.25) is 0 Å². The van der Waals surface area contributed by atoms with Gasteiger partial charge in [0, 0.05) is 19.6 Å². The van der Waals surface area contributed by atoms with Gasteiger partial charge in [0.1, 0.15) is 0 Å². The molecule has 0 heterocycles. The molecule has 3 nitrogen and oxygen atoms in total. The Hall–Kier alpha value is -0.900. The maximum Gasteiger partial charge on any atom is 0.0788 e. The Morgan fingerprint density at radius 3 is 2.47 bits per heavy atom. The Morgan fingerprint density at radius 1 is 1.13 bits per heavy atom. The summed E-state index contributed by atoms with van der Waals surface area (Å²) in [6.45, 7) is 5.02. The van der Waals surface area contributed by atoms with Gasteiger partial charge in [-0.15, -0.1) is 0 Å². The zero-order valence-corrected chi connectivity index (χ0v) is 9.24. The minimum Gasteiger partial charge on any atom is -0.390 e. The third kappa shape index (κ3) is 5.52. The van der Waals surface area contributed by atoms with Crippen molar-refractivity contribution in [3.05, 3.63) is 35.9 Å². The van der Waals surface area contributed by atoms with E-state index < -0.39 is 0 Å². The molecule has 15 heavy (non-hydrogen) atoms. The second-order valence-electron chi connectivity index (χ2n) is 3.58. The predicted octanol–water partition coefficient (Wildman–Crippen LogP) is 0.747. The van der Waals surface area contributed by atoms with Gasteiger partial charge in [0.25, 0.3) is 0 Å². The molecule has 1 rings (SSSR count). The zero-order valence-electron chi connectivity index (χ0n) is 9.24. The first-order valence-electron chi connectivity index (χ1n) is 5.46. The first kappa shape index (κ1) is 12.2. The van der Waals surface area contributed by atoms with Crippen molar-refractivity contribution >= 4 is 0 Å². The molecular formula is C12H20N2O. The Morgan fingerprint density at radius 2 is 1.80 bits per heavy atom. The van der Waals surface area contributed by atoms with Crippen LogP contribution in [0, 0.1) is 0 Å². The average molecular weight is 208 g/mol. The molecule has 1 aromatic rings. The van der Waals surface area contributed by atoms with E-state index in [4.69, 9.17) is 0 Å². The number of benzene rings is 1. The van der Waals surface area contributed by atoms with Crippen LogP contribution in [0.15, 0.2) is 30.3 Å². The van der Waals surface area contributed by atoms with E-state index >= 15 is 0 Å². The van der Waals surface area contributed by atoms with E-state index in [1.54, 1.807) is 0 Å².